The van der Waals surface area contributed by atoms with Gasteiger partial charge in [-0.15, -0.1) is 0 Å². The van der Waals surface area contributed by atoms with E-state index in [9.17, 15) is 14.4 Å². The fourth-order valence-electron chi connectivity index (χ4n) is 2.24. The molecule has 0 aromatic heterocycles. The molecule has 0 aliphatic rings. The number of carbonyl (C=O) groups excluding carboxylic acids is 3. The molecule has 8 heteroatoms. The largest absolute Gasteiger partial charge is 0.383 e. The summed E-state index contributed by atoms with van der Waals surface area (Å²) < 4.78 is 5.03. The average Bonchev–Trinajstić information content (AvgIpc) is 2.61. The van der Waals surface area contributed by atoms with E-state index in [0.29, 0.717) is 13.2 Å². The first kappa shape index (κ1) is 21.6. The van der Waals surface area contributed by atoms with Crippen LogP contribution in [0.2, 0.25) is 0 Å². The van der Waals surface area contributed by atoms with Gasteiger partial charge in [0.1, 0.15) is 0 Å². The number of anilines is 1. The van der Waals surface area contributed by atoms with E-state index >= 15 is 0 Å². The monoisotopic (exact) mass is 364 g/mol. The molecule has 0 aliphatic heterocycles. The molecule has 1 aromatic rings. The van der Waals surface area contributed by atoms with Crippen molar-refractivity contribution in [3.8, 4) is 0 Å². The average molecular weight is 364 g/mol. The van der Waals surface area contributed by atoms with Crippen molar-refractivity contribution >= 4 is 23.4 Å². The summed E-state index contributed by atoms with van der Waals surface area (Å²) in [6.45, 7) is 4.68. The second-order valence-corrected chi connectivity index (χ2v) is 5.95. The van der Waals surface area contributed by atoms with E-state index < -0.39 is 0 Å². The van der Waals surface area contributed by atoms with Crippen LogP contribution < -0.4 is 16.0 Å². The lowest BCUT2D eigenvalue weighted by Crippen LogP contribution is -2.44. The van der Waals surface area contributed by atoms with Gasteiger partial charge >= 0.3 is 0 Å². The Kier molecular flexibility index (Phi) is 9.32. The minimum atomic E-state index is -0.329. The van der Waals surface area contributed by atoms with Crippen molar-refractivity contribution in [1.29, 1.82) is 0 Å². The lowest BCUT2D eigenvalue weighted by Gasteiger charge is -2.21. The van der Waals surface area contributed by atoms with Crippen LogP contribution in [0.5, 0.6) is 0 Å². The summed E-state index contributed by atoms with van der Waals surface area (Å²) in [6.07, 6.45) is 0. The Morgan fingerprint density at radius 1 is 1.08 bits per heavy atom. The SMILES string of the molecule is CNC(=O)CNC(=O)CN(CCOC)CC(=O)Nc1cccc(C)c1C. The first-order chi connectivity index (χ1) is 12.4. The van der Waals surface area contributed by atoms with E-state index in [4.69, 9.17) is 4.74 Å². The number of ether oxygens (including phenoxy) is 1. The maximum absolute atomic E-state index is 12.4. The van der Waals surface area contributed by atoms with Crippen LogP contribution in [0.3, 0.4) is 0 Å². The first-order valence-corrected chi connectivity index (χ1v) is 8.42. The van der Waals surface area contributed by atoms with Crippen LogP contribution in [0.1, 0.15) is 11.1 Å². The minimum absolute atomic E-state index is 0.000569. The van der Waals surface area contributed by atoms with Gasteiger partial charge in [-0.1, -0.05) is 12.1 Å². The highest BCUT2D eigenvalue weighted by atomic mass is 16.5. The van der Waals surface area contributed by atoms with Crippen LogP contribution >= 0.6 is 0 Å². The van der Waals surface area contributed by atoms with Gasteiger partial charge in [-0.25, -0.2) is 0 Å². The number of nitrogens with zero attached hydrogens (tertiary/aromatic N) is 1. The van der Waals surface area contributed by atoms with Crippen molar-refractivity contribution in [2.24, 2.45) is 0 Å². The van der Waals surface area contributed by atoms with E-state index in [1.165, 1.54) is 7.05 Å². The molecular weight excluding hydrogens is 336 g/mol. The summed E-state index contributed by atoms with van der Waals surface area (Å²) in [5.41, 5.74) is 2.85. The Morgan fingerprint density at radius 3 is 2.42 bits per heavy atom. The van der Waals surface area contributed by atoms with E-state index in [0.717, 1.165) is 16.8 Å². The fourth-order valence-corrected chi connectivity index (χ4v) is 2.24. The summed E-state index contributed by atoms with van der Waals surface area (Å²) >= 11 is 0. The van der Waals surface area contributed by atoms with Crippen LogP contribution in [0, 0.1) is 13.8 Å². The molecule has 3 N–H and O–H groups in total. The normalized spacial score (nSPS) is 10.5. The molecule has 0 saturated heterocycles. The van der Waals surface area contributed by atoms with Gasteiger partial charge in [-0.05, 0) is 31.0 Å². The van der Waals surface area contributed by atoms with Crippen molar-refractivity contribution in [2.45, 2.75) is 13.8 Å². The van der Waals surface area contributed by atoms with Crippen molar-refractivity contribution in [3.05, 3.63) is 29.3 Å². The van der Waals surface area contributed by atoms with E-state index in [2.05, 4.69) is 16.0 Å². The highest BCUT2D eigenvalue weighted by Crippen LogP contribution is 2.17. The Hall–Kier alpha value is -2.45. The Labute approximate surface area is 154 Å². The molecule has 144 valence electrons. The number of rotatable bonds is 10. The van der Waals surface area contributed by atoms with Gasteiger partial charge in [-0.3, -0.25) is 19.3 Å². The second kappa shape index (κ2) is 11.2. The maximum Gasteiger partial charge on any atom is 0.239 e. The number of likely N-dealkylation sites (N-methyl/N-ethyl adjacent to an activating group) is 1. The summed E-state index contributed by atoms with van der Waals surface area (Å²) in [7, 11) is 3.05. The number of hydrogen-bond donors (Lipinski definition) is 3. The van der Waals surface area contributed by atoms with Crippen LogP contribution in [-0.2, 0) is 19.1 Å². The molecule has 0 bridgehead atoms. The molecule has 1 aromatic carbocycles. The smallest absolute Gasteiger partial charge is 0.239 e. The molecule has 0 fully saturated rings. The number of nitrogens with one attached hydrogen (secondary N) is 3. The van der Waals surface area contributed by atoms with Gasteiger partial charge in [0.05, 0.1) is 26.2 Å². The van der Waals surface area contributed by atoms with E-state index in [-0.39, 0.29) is 37.4 Å². The van der Waals surface area contributed by atoms with Gasteiger partial charge in [0.2, 0.25) is 17.7 Å². The Balaban J connectivity index is 2.62. The zero-order valence-electron chi connectivity index (χ0n) is 15.8. The van der Waals surface area contributed by atoms with Gasteiger partial charge in [0.15, 0.2) is 0 Å². The number of carbonyl (C=O) groups is 3. The van der Waals surface area contributed by atoms with Crippen LogP contribution in [0.15, 0.2) is 18.2 Å². The molecule has 1 rings (SSSR count). The third kappa shape index (κ3) is 7.62. The summed E-state index contributed by atoms with van der Waals surface area (Å²) in [4.78, 5) is 37.2. The molecule has 26 heavy (non-hydrogen) atoms. The third-order valence-electron chi connectivity index (χ3n) is 3.95. The summed E-state index contributed by atoms with van der Waals surface area (Å²) in [6, 6.07) is 5.70. The van der Waals surface area contributed by atoms with Gasteiger partial charge in [0.25, 0.3) is 0 Å². The fraction of sp³-hybridized carbons (Fsp3) is 0.500. The Bertz CT molecular complexity index is 634. The maximum atomic E-state index is 12.4. The summed E-state index contributed by atoms with van der Waals surface area (Å²) in [5.74, 6) is -0.826. The van der Waals surface area contributed by atoms with Crippen LogP contribution in [-0.4, -0.2) is 69.6 Å². The van der Waals surface area contributed by atoms with Crippen LogP contribution in [0.4, 0.5) is 5.69 Å². The quantitative estimate of drug-likeness (QED) is 0.545. The van der Waals surface area contributed by atoms with E-state index in [1.54, 1.807) is 12.0 Å². The van der Waals surface area contributed by atoms with Crippen molar-refractivity contribution in [1.82, 2.24) is 15.5 Å². The van der Waals surface area contributed by atoms with Crippen molar-refractivity contribution in [2.75, 3.05) is 52.3 Å². The van der Waals surface area contributed by atoms with Gasteiger partial charge in [-0.2, -0.15) is 0 Å². The Morgan fingerprint density at radius 2 is 1.77 bits per heavy atom. The van der Waals surface area contributed by atoms with Gasteiger partial charge < -0.3 is 20.7 Å². The summed E-state index contributed by atoms with van der Waals surface area (Å²) in [5, 5.41) is 7.81. The molecule has 0 radical (unpaired) electrons. The van der Waals surface area contributed by atoms with Gasteiger partial charge in [0, 0.05) is 26.4 Å². The lowest BCUT2D eigenvalue weighted by atomic mass is 10.1. The zero-order valence-corrected chi connectivity index (χ0v) is 15.8. The number of methoxy groups -OCH3 is 1. The predicted molar refractivity (Wildman–Crippen MR) is 99.9 cm³/mol. The molecule has 8 nitrogen and oxygen atoms in total. The zero-order chi connectivity index (χ0) is 19.5. The first-order valence-electron chi connectivity index (χ1n) is 8.42. The molecule has 0 heterocycles. The van der Waals surface area contributed by atoms with Crippen molar-refractivity contribution < 1.29 is 19.1 Å². The second-order valence-electron chi connectivity index (χ2n) is 5.95. The molecule has 0 saturated carbocycles. The minimum Gasteiger partial charge on any atom is -0.383 e. The predicted octanol–water partition coefficient (Wildman–Crippen LogP) is 0.0525. The number of amides is 3. The molecule has 3 amide bonds. The number of aryl methyl sites for hydroxylation is 1. The third-order valence-corrected chi connectivity index (χ3v) is 3.95. The van der Waals surface area contributed by atoms with Crippen LogP contribution in [0.25, 0.3) is 0 Å². The highest BCUT2D eigenvalue weighted by Gasteiger charge is 2.16. The number of hydrogen-bond acceptors (Lipinski definition) is 5. The molecule has 0 atom stereocenters. The lowest BCUT2D eigenvalue weighted by molar-refractivity contribution is -0.127. The standard InChI is InChI=1S/C18H28N4O4/c1-13-6-5-7-15(14(13)2)21-18(25)12-22(8-9-26-4)11-17(24)20-10-16(23)19-3/h5-7H,8-12H2,1-4H3,(H,19,23)(H,20,24)(H,21,25). The number of benzene rings is 1. The van der Waals surface area contributed by atoms with E-state index in [1.807, 2.05) is 32.0 Å². The highest BCUT2D eigenvalue weighted by molar-refractivity contribution is 5.93. The van der Waals surface area contributed by atoms with Crippen molar-refractivity contribution in [3.63, 3.8) is 0 Å². The molecular formula is C18H28N4O4. The molecule has 0 spiro atoms. The molecule has 0 unspecified atom stereocenters. The topological polar surface area (TPSA) is 99.8 Å². The molecule has 0 aliphatic carbocycles.